The number of hydrogen-bond acceptors (Lipinski definition) is 3. The average Bonchev–Trinajstić information content (AvgIpc) is 2.63. The van der Waals surface area contributed by atoms with E-state index in [2.05, 4.69) is 18.8 Å². The molecule has 1 heterocycles. The Labute approximate surface area is 102 Å². The van der Waals surface area contributed by atoms with Gasteiger partial charge in [-0.15, -0.1) is 11.3 Å². The first-order chi connectivity index (χ1) is 7.67. The summed E-state index contributed by atoms with van der Waals surface area (Å²) in [7, 11) is 0. The van der Waals surface area contributed by atoms with E-state index in [1.165, 1.54) is 0 Å². The van der Waals surface area contributed by atoms with Crippen LogP contribution in [0.5, 0.6) is 0 Å². The third-order valence-electron chi connectivity index (χ3n) is 2.72. The molecular formula is C13H21NOS. The van der Waals surface area contributed by atoms with Crippen LogP contribution in [0.4, 0.5) is 0 Å². The van der Waals surface area contributed by atoms with Gasteiger partial charge >= 0.3 is 0 Å². The lowest BCUT2D eigenvalue weighted by Crippen LogP contribution is -2.16. The molecule has 1 rings (SSSR count). The molecule has 2 nitrogen and oxygen atoms in total. The van der Waals surface area contributed by atoms with E-state index < -0.39 is 0 Å². The van der Waals surface area contributed by atoms with Gasteiger partial charge in [-0.3, -0.25) is 4.79 Å². The Hall–Kier alpha value is -0.700. The van der Waals surface area contributed by atoms with Crippen molar-refractivity contribution in [3.63, 3.8) is 0 Å². The minimum absolute atomic E-state index is 0.249. The van der Waals surface area contributed by atoms with Crippen molar-refractivity contribution in [3.8, 4) is 0 Å². The Kier molecular flexibility index (Phi) is 5.67. The standard InChI is InChI=1S/C13H21NOS/c1-4-6-11(7-5-2)12(15)8-13-14-10(3)9-16-13/h9,11H,4-8H2,1-3H3. The monoisotopic (exact) mass is 239 g/mol. The highest BCUT2D eigenvalue weighted by Gasteiger charge is 2.17. The Morgan fingerprint density at radius 1 is 1.38 bits per heavy atom. The van der Waals surface area contributed by atoms with Gasteiger partial charge in [0.2, 0.25) is 0 Å². The van der Waals surface area contributed by atoms with Crippen molar-refractivity contribution in [3.05, 3.63) is 16.1 Å². The van der Waals surface area contributed by atoms with Gasteiger partial charge in [0.1, 0.15) is 10.8 Å². The maximum absolute atomic E-state index is 12.1. The SMILES string of the molecule is CCCC(CCC)C(=O)Cc1nc(C)cs1. The molecule has 0 fully saturated rings. The summed E-state index contributed by atoms with van der Waals surface area (Å²) in [4.78, 5) is 16.4. The Morgan fingerprint density at radius 2 is 2.00 bits per heavy atom. The molecule has 0 aromatic carbocycles. The summed E-state index contributed by atoms with van der Waals surface area (Å²) in [6.45, 7) is 6.26. The van der Waals surface area contributed by atoms with Crippen molar-refractivity contribution in [1.82, 2.24) is 4.98 Å². The molecule has 0 bridgehead atoms. The minimum atomic E-state index is 0.249. The van der Waals surface area contributed by atoms with Crippen molar-refractivity contribution in [2.24, 2.45) is 5.92 Å². The molecule has 1 aromatic rings. The van der Waals surface area contributed by atoms with Gasteiger partial charge in [0.15, 0.2) is 0 Å². The number of nitrogens with zero attached hydrogens (tertiary/aromatic N) is 1. The van der Waals surface area contributed by atoms with E-state index in [1.54, 1.807) is 11.3 Å². The number of aryl methyl sites for hydroxylation is 1. The summed E-state index contributed by atoms with van der Waals surface area (Å²) in [6, 6.07) is 0. The van der Waals surface area contributed by atoms with Crippen LogP contribution >= 0.6 is 11.3 Å². The fourth-order valence-electron chi connectivity index (χ4n) is 1.94. The van der Waals surface area contributed by atoms with E-state index in [9.17, 15) is 4.79 Å². The number of hydrogen-bond donors (Lipinski definition) is 0. The number of Topliss-reactive ketones (excluding diaryl/α,β-unsaturated/α-hetero) is 1. The largest absolute Gasteiger partial charge is 0.299 e. The second-order valence-electron chi connectivity index (χ2n) is 4.30. The first-order valence-electron chi connectivity index (χ1n) is 6.11. The first-order valence-corrected chi connectivity index (χ1v) is 6.99. The van der Waals surface area contributed by atoms with Gasteiger partial charge in [-0.25, -0.2) is 4.98 Å². The van der Waals surface area contributed by atoms with Gasteiger partial charge in [-0.05, 0) is 19.8 Å². The average molecular weight is 239 g/mol. The predicted octanol–water partition coefficient (Wildman–Crippen LogP) is 3.78. The molecule has 0 amide bonds. The molecule has 3 heteroatoms. The number of rotatable bonds is 7. The lowest BCUT2D eigenvalue weighted by atomic mass is 9.92. The van der Waals surface area contributed by atoms with Crippen LogP contribution in [0.2, 0.25) is 0 Å². The molecule has 0 spiro atoms. The molecule has 0 aliphatic rings. The summed E-state index contributed by atoms with van der Waals surface area (Å²) in [5.74, 6) is 0.622. The molecule has 0 atom stereocenters. The number of thiazole rings is 1. The normalized spacial score (nSPS) is 11.0. The quantitative estimate of drug-likeness (QED) is 0.725. The molecular weight excluding hydrogens is 218 g/mol. The van der Waals surface area contributed by atoms with Crippen molar-refractivity contribution in [2.45, 2.75) is 52.9 Å². The van der Waals surface area contributed by atoms with E-state index in [0.717, 1.165) is 36.4 Å². The molecule has 0 saturated carbocycles. The van der Waals surface area contributed by atoms with Gasteiger partial charge in [0, 0.05) is 17.0 Å². The lowest BCUT2D eigenvalue weighted by Gasteiger charge is -2.12. The number of ketones is 1. The van der Waals surface area contributed by atoms with Crippen LogP contribution in [-0.4, -0.2) is 10.8 Å². The van der Waals surface area contributed by atoms with E-state index >= 15 is 0 Å². The second kappa shape index (κ2) is 6.79. The van der Waals surface area contributed by atoms with Gasteiger partial charge in [0.05, 0.1) is 6.42 Å². The highest BCUT2D eigenvalue weighted by molar-refractivity contribution is 7.09. The van der Waals surface area contributed by atoms with Crippen LogP contribution in [0, 0.1) is 12.8 Å². The number of carbonyl (C=O) groups is 1. The van der Waals surface area contributed by atoms with Crippen LogP contribution in [-0.2, 0) is 11.2 Å². The fraction of sp³-hybridized carbons (Fsp3) is 0.692. The summed E-state index contributed by atoms with van der Waals surface area (Å²) in [5, 5.41) is 2.98. The van der Waals surface area contributed by atoms with Crippen LogP contribution in [0.15, 0.2) is 5.38 Å². The Bertz CT molecular complexity index is 326. The van der Waals surface area contributed by atoms with Gasteiger partial charge < -0.3 is 0 Å². The van der Waals surface area contributed by atoms with Crippen molar-refractivity contribution in [1.29, 1.82) is 0 Å². The summed E-state index contributed by atoms with van der Waals surface area (Å²) < 4.78 is 0. The smallest absolute Gasteiger partial charge is 0.142 e. The first kappa shape index (κ1) is 13.4. The summed E-state index contributed by atoms with van der Waals surface area (Å²) in [5.41, 5.74) is 1.02. The maximum atomic E-state index is 12.1. The Balaban J connectivity index is 2.54. The second-order valence-corrected chi connectivity index (χ2v) is 5.24. The zero-order chi connectivity index (χ0) is 12.0. The van der Waals surface area contributed by atoms with Crippen LogP contribution < -0.4 is 0 Å². The molecule has 16 heavy (non-hydrogen) atoms. The third-order valence-corrected chi connectivity index (χ3v) is 3.69. The molecule has 1 aromatic heterocycles. The Morgan fingerprint density at radius 3 is 2.44 bits per heavy atom. The zero-order valence-electron chi connectivity index (χ0n) is 10.5. The number of aromatic nitrogens is 1. The van der Waals surface area contributed by atoms with Gasteiger partial charge in [-0.2, -0.15) is 0 Å². The summed E-state index contributed by atoms with van der Waals surface area (Å²) in [6.07, 6.45) is 4.76. The van der Waals surface area contributed by atoms with Crippen LogP contribution in [0.25, 0.3) is 0 Å². The van der Waals surface area contributed by atoms with E-state index in [1.807, 2.05) is 12.3 Å². The van der Waals surface area contributed by atoms with Gasteiger partial charge in [-0.1, -0.05) is 26.7 Å². The molecule has 0 N–H and O–H groups in total. The topological polar surface area (TPSA) is 30.0 Å². The molecule has 0 aliphatic heterocycles. The van der Waals surface area contributed by atoms with E-state index in [-0.39, 0.29) is 5.92 Å². The lowest BCUT2D eigenvalue weighted by molar-refractivity contribution is -0.122. The highest BCUT2D eigenvalue weighted by atomic mass is 32.1. The molecule has 90 valence electrons. The minimum Gasteiger partial charge on any atom is -0.299 e. The fourth-order valence-corrected chi connectivity index (χ4v) is 2.72. The molecule has 0 aliphatic carbocycles. The zero-order valence-corrected chi connectivity index (χ0v) is 11.3. The summed E-state index contributed by atoms with van der Waals surface area (Å²) >= 11 is 1.60. The van der Waals surface area contributed by atoms with Crippen molar-refractivity contribution < 1.29 is 4.79 Å². The van der Waals surface area contributed by atoms with Crippen molar-refractivity contribution in [2.75, 3.05) is 0 Å². The van der Waals surface area contributed by atoms with E-state index in [0.29, 0.717) is 12.2 Å². The number of carbonyl (C=O) groups excluding carboxylic acids is 1. The van der Waals surface area contributed by atoms with Gasteiger partial charge in [0.25, 0.3) is 0 Å². The highest BCUT2D eigenvalue weighted by Crippen LogP contribution is 2.18. The predicted molar refractivity (Wildman–Crippen MR) is 68.9 cm³/mol. The molecule has 0 radical (unpaired) electrons. The van der Waals surface area contributed by atoms with Crippen LogP contribution in [0.3, 0.4) is 0 Å². The molecule has 0 saturated heterocycles. The van der Waals surface area contributed by atoms with Crippen LogP contribution in [0.1, 0.15) is 50.2 Å². The van der Waals surface area contributed by atoms with Crippen molar-refractivity contribution >= 4 is 17.1 Å². The molecule has 0 unspecified atom stereocenters. The van der Waals surface area contributed by atoms with E-state index in [4.69, 9.17) is 0 Å². The third kappa shape index (κ3) is 4.05. The maximum Gasteiger partial charge on any atom is 0.142 e.